The first-order valence-electron chi connectivity index (χ1n) is 10.4. The average molecular weight is 436 g/mol. The highest BCUT2D eigenvalue weighted by molar-refractivity contribution is 7.91. The molecule has 3 rings (SSSR count). The molecule has 31 heavy (non-hydrogen) atoms. The minimum Gasteiger partial charge on any atom is -0.299 e. The standard InChI is InChI=1S/C26H29NO3S/c1-19-16-24(13-14-25(19)26(2,3)4)31(29,30)23-11-8-20(9-12-23)17-22(28)10-7-21-6-5-15-27-18-21/h5-6,8-9,11-16,18H,7,10,17H2,1-4H3. The Morgan fingerprint density at radius 3 is 2.19 bits per heavy atom. The topological polar surface area (TPSA) is 64.1 Å². The van der Waals surface area contributed by atoms with Gasteiger partial charge in [-0.3, -0.25) is 9.78 Å². The van der Waals surface area contributed by atoms with E-state index >= 15 is 0 Å². The van der Waals surface area contributed by atoms with Gasteiger partial charge in [0.05, 0.1) is 9.79 Å². The number of aryl methyl sites for hydroxylation is 2. The monoisotopic (exact) mass is 435 g/mol. The van der Waals surface area contributed by atoms with Crippen molar-refractivity contribution in [1.29, 1.82) is 0 Å². The van der Waals surface area contributed by atoms with E-state index in [1.807, 2.05) is 25.1 Å². The molecule has 5 heteroatoms. The first kappa shape index (κ1) is 22.9. The second-order valence-electron chi connectivity index (χ2n) is 8.95. The molecule has 0 radical (unpaired) electrons. The zero-order chi connectivity index (χ0) is 22.6. The molecule has 0 amide bonds. The number of aromatic nitrogens is 1. The molecular weight excluding hydrogens is 406 g/mol. The smallest absolute Gasteiger partial charge is 0.206 e. The molecule has 0 atom stereocenters. The Hall–Kier alpha value is -2.79. The van der Waals surface area contributed by atoms with Gasteiger partial charge < -0.3 is 0 Å². The molecule has 2 aromatic carbocycles. The van der Waals surface area contributed by atoms with E-state index < -0.39 is 9.84 Å². The summed E-state index contributed by atoms with van der Waals surface area (Å²) in [6.45, 7) is 8.28. The number of carbonyl (C=O) groups is 1. The number of nitrogens with zero attached hydrogens (tertiary/aromatic N) is 1. The number of rotatable bonds is 7. The maximum Gasteiger partial charge on any atom is 0.206 e. The molecule has 0 fully saturated rings. The third-order valence-corrected chi connectivity index (χ3v) is 7.13. The first-order valence-corrected chi connectivity index (χ1v) is 11.9. The minimum atomic E-state index is -3.61. The van der Waals surface area contributed by atoms with Crippen LogP contribution >= 0.6 is 0 Å². The lowest BCUT2D eigenvalue weighted by Crippen LogP contribution is -2.14. The molecule has 3 aromatic rings. The van der Waals surface area contributed by atoms with Crippen molar-refractivity contribution in [2.75, 3.05) is 0 Å². The number of carbonyl (C=O) groups excluding carboxylic acids is 1. The van der Waals surface area contributed by atoms with Crippen LogP contribution in [-0.4, -0.2) is 19.2 Å². The van der Waals surface area contributed by atoms with E-state index in [1.54, 1.807) is 48.8 Å². The van der Waals surface area contributed by atoms with Crippen molar-refractivity contribution in [3.05, 3.63) is 89.2 Å². The van der Waals surface area contributed by atoms with Crippen LogP contribution in [0.15, 0.2) is 76.8 Å². The lowest BCUT2D eigenvalue weighted by Gasteiger charge is -2.22. The Labute approximate surface area is 185 Å². The lowest BCUT2D eigenvalue weighted by molar-refractivity contribution is -0.118. The molecule has 4 nitrogen and oxygen atoms in total. The van der Waals surface area contributed by atoms with Gasteiger partial charge in [0.25, 0.3) is 0 Å². The highest BCUT2D eigenvalue weighted by Gasteiger charge is 2.22. The molecule has 1 aromatic heterocycles. The molecule has 0 aliphatic heterocycles. The van der Waals surface area contributed by atoms with E-state index in [2.05, 4.69) is 25.8 Å². The van der Waals surface area contributed by atoms with Crippen LogP contribution in [0.1, 0.15) is 49.4 Å². The Balaban J connectivity index is 1.70. The summed E-state index contributed by atoms with van der Waals surface area (Å²) in [4.78, 5) is 16.9. The summed E-state index contributed by atoms with van der Waals surface area (Å²) in [5, 5.41) is 0. The van der Waals surface area contributed by atoms with E-state index in [4.69, 9.17) is 0 Å². The van der Waals surface area contributed by atoms with E-state index in [9.17, 15) is 13.2 Å². The Kier molecular flexibility index (Phi) is 6.75. The molecule has 1 heterocycles. The van der Waals surface area contributed by atoms with E-state index in [0.717, 1.165) is 22.3 Å². The summed E-state index contributed by atoms with van der Waals surface area (Å²) in [5.74, 6) is 0.118. The van der Waals surface area contributed by atoms with Crippen LogP contribution in [-0.2, 0) is 32.9 Å². The van der Waals surface area contributed by atoms with Crippen molar-refractivity contribution in [2.45, 2.75) is 62.2 Å². The number of Topliss-reactive ketones (excluding diaryl/α,β-unsaturated/α-hetero) is 1. The highest BCUT2D eigenvalue weighted by atomic mass is 32.2. The largest absolute Gasteiger partial charge is 0.299 e. The molecule has 0 saturated heterocycles. The van der Waals surface area contributed by atoms with Gasteiger partial charge >= 0.3 is 0 Å². The minimum absolute atomic E-state index is 0.0441. The van der Waals surface area contributed by atoms with E-state index in [1.165, 1.54) is 0 Å². The fourth-order valence-electron chi connectivity index (χ4n) is 3.71. The van der Waals surface area contributed by atoms with Gasteiger partial charge in [-0.15, -0.1) is 0 Å². The zero-order valence-electron chi connectivity index (χ0n) is 18.6. The van der Waals surface area contributed by atoms with Crippen LogP contribution in [0.25, 0.3) is 0 Å². The van der Waals surface area contributed by atoms with Crippen molar-refractivity contribution in [3.63, 3.8) is 0 Å². The van der Waals surface area contributed by atoms with Crippen molar-refractivity contribution in [1.82, 2.24) is 4.98 Å². The summed E-state index contributed by atoms with van der Waals surface area (Å²) in [6.07, 6.45) is 4.86. The molecule has 0 unspecified atom stereocenters. The molecule has 0 aliphatic carbocycles. The van der Waals surface area contributed by atoms with Crippen LogP contribution in [0.2, 0.25) is 0 Å². The maximum absolute atomic E-state index is 13.1. The zero-order valence-corrected chi connectivity index (χ0v) is 19.4. The Morgan fingerprint density at radius 2 is 1.61 bits per heavy atom. The molecule has 0 aliphatic rings. The lowest BCUT2D eigenvalue weighted by atomic mass is 9.84. The fourth-order valence-corrected chi connectivity index (χ4v) is 5.06. The quantitative estimate of drug-likeness (QED) is 0.507. The van der Waals surface area contributed by atoms with Crippen molar-refractivity contribution in [2.24, 2.45) is 0 Å². The number of ketones is 1. The van der Waals surface area contributed by atoms with Gasteiger partial charge in [0, 0.05) is 25.2 Å². The number of hydrogen-bond donors (Lipinski definition) is 0. The molecule has 0 spiro atoms. The van der Waals surface area contributed by atoms with E-state index in [-0.39, 0.29) is 16.1 Å². The van der Waals surface area contributed by atoms with Gasteiger partial charge in [-0.05, 0) is 71.3 Å². The van der Waals surface area contributed by atoms with Crippen LogP contribution in [0.3, 0.4) is 0 Å². The number of benzene rings is 2. The van der Waals surface area contributed by atoms with Crippen molar-refractivity contribution in [3.8, 4) is 0 Å². The van der Waals surface area contributed by atoms with E-state index in [0.29, 0.717) is 24.2 Å². The number of sulfone groups is 1. The third kappa shape index (κ3) is 5.67. The molecule has 0 saturated carbocycles. The maximum atomic E-state index is 13.1. The van der Waals surface area contributed by atoms with Crippen molar-refractivity contribution >= 4 is 15.6 Å². The molecule has 0 bridgehead atoms. The average Bonchev–Trinajstić information content (AvgIpc) is 2.72. The van der Waals surface area contributed by atoms with Gasteiger partial charge in [-0.25, -0.2) is 8.42 Å². The van der Waals surface area contributed by atoms with Crippen LogP contribution in [0.4, 0.5) is 0 Å². The van der Waals surface area contributed by atoms with Gasteiger partial charge in [-0.1, -0.05) is 45.0 Å². The molecule has 0 N–H and O–H groups in total. The number of hydrogen-bond acceptors (Lipinski definition) is 4. The predicted molar refractivity (Wildman–Crippen MR) is 123 cm³/mol. The fraction of sp³-hybridized carbons (Fsp3) is 0.308. The van der Waals surface area contributed by atoms with Crippen LogP contribution < -0.4 is 0 Å². The van der Waals surface area contributed by atoms with Crippen LogP contribution in [0.5, 0.6) is 0 Å². The molecular formula is C26H29NO3S. The Morgan fingerprint density at radius 1 is 0.935 bits per heavy atom. The first-order chi connectivity index (χ1) is 14.6. The van der Waals surface area contributed by atoms with Gasteiger partial charge in [0.15, 0.2) is 0 Å². The van der Waals surface area contributed by atoms with Crippen LogP contribution in [0, 0.1) is 6.92 Å². The summed E-state index contributed by atoms with van der Waals surface area (Å²) in [6, 6.07) is 15.8. The summed E-state index contributed by atoms with van der Waals surface area (Å²) < 4.78 is 26.1. The number of pyridine rings is 1. The van der Waals surface area contributed by atoms with Gasteiger partial charge in [0.1, 0.15) is 5.78 Å². The highest BCUT2D eigenvalue weighted by Crippen LogP contribution is 2.29. The second kappa shape index (κ2) is 9.15. The Bertz CT molecular complexity index is 1160. The second-order valence-corrected chi connectivity index (χ2v) is 10.9. The predicted octanol–water partition coefficient (Wildman–Crippen LogP) is 5.26. The summed E-state index contributed by atoms with van der Waals surface area (Å²) in [5.41, 5.74) is 3.90. The SMILES string of the molecule is Cc1cc(S(=O)(=O)c2ccc(CC(=O)CCc3cccnc3)cc2)ccc1C(C)(C)C. The van der Waals surface area contributed by atoms with Gasteiger partial charge in [0.2, 0.25) is 9.84 Å². The summed E-state index contributed by atoms with van der Waals surface area (Å²) in [7, 11) is -3.61. The molecule has 162 valence electrons. The summed E-state index contributed by atoms with van der Waals surface area (Å²) >= 11 is 0. The van der Waals surface area contributed by atoms with Gasteiger partial charge in [-0.2, -0.15) is 0 Å². The normalized spacial score (nSPS) is 12.0. The third-order valence-electron chi connectivity index (χ3n) is 5.37. The van der Waals surface area contributed by atoms with Crippen molar-refractivity contribution < 1.29 is 13.2 Å².